The van der Waals surface area contributed by atoms with Gasteiger partial charge in [-0.05, 0) is 31.2 Å². The molecule has 7 heteroatoms. The van der Waals surface area contributed by atoms with E-state index in [2.05, 4.69) is 10.2 Å². The number of methoxy groups -OCH3 is 2. The Hall–Kier alpha value is -2.80. The number of carbonyl (C=O) groups is 1. The van der Waals surface area contributed by atoms with E-state index in [0.717, 1.165) is 17.1 Å². The number of benzene rings is 2. The largest absolute Gasteiger partial charge is 0.496 e. The van der Waals surface area contributed by atoms with Gasteiger partial charge in [0, 0.05) is 6.54 Å². The number of ether oxygens (including phenoxy) is 2. The maximum absolute atomic E-state index is 12.6. The molecule has 0 bridgehead atoms. The van der Waals surface area contributed by atoms with E-state index in [1.807, 2.05) is 47.9 Å². The fraction of sp³-hybridized carbons (Fsp3) is 0.250. The summed E-state index contributed by atoms with van der Waals surface area (Å²) < 4.78 is 12.7. The molecule has 0 amide bonds. The quantitative estimate of drug-likeness (QED) is 0.433. The Morgan fingerprint density at radius 1 is 1.00 bits per heavy atom. The average Bonchev–Trinajstić information content (AvgIpc) is 3.14. The summed E-state index contributed by atoms with van der Waals surface area (Å²) >= 11 is 1.37. The Morgan fingerprint density at radius 3 is 2.37 bits per heavy atom. The standard InChI is InChI=1S/C20H21N3O3S/c1-4-23-19(15-10-6-8-12-18(15)26-3)21-22-20(23)27-13-16(24)14-9-5-7-11-17(14)25-2/h5-12H,4,13H2,1-3H3. The van der Waals surface area contributed by atoms with E-state index in [1.54, 1.807) is 26.4 Å². The number of rotatable bonds is 8. The summed E-state index contributed by atoms with van der Waals surface area (Å²) in [5, 5.41) is 9.31. The third-order valence-corrected chi connectivity index (χ3v) is 5.09. The van der Waals surface area contributed by atoms with Crippen molar-refractivity contribution in [3.05, 3.63) is 54.1 Å². The lowest BCUT2D eigenvalue weighted by Gasteiger charge is -2.10. The molecule has 0 saturated heterocycles. The van der Waals surface area contributed by atoms with Gasteiger partial charge < -0.3 is 14.0 Å². The van der Waals surface area contributed by atoms with E-state index in [4.69, 9.17) is 9.47 Å². The van der Waals surface area contributed by atoms with Crippen molar-refractivity contribution in [2.75, 3.05) is 20.0 Å². The topological polar surface area (TPSA) is 66.2 Å². The summed E-state index contributed by atoms with van der Waals surface area (Å²) in [5.74, 6) is 2.28. The number of hydrogen-bond acceptors (Lipinski definition) is 6. The van der Waals surface area contributed by atoms with E-state index < -0.39 is 0 Å². The number of ketones is 1. The maximum Gasteiger partial charge on any atom is 0.191 e. The van der Waals surface area contributed by atoms with Crippen LogP contribution >= 0.6 is 11.8 Å². The summed E-state index contributed by atoms with van der Waals surface area (Å²) in [5.41, 5.74) is 1.44. The molecule has 0 unspecified atom stereocenters. The number of nitrogens with zero attached hydrogens (tertiary/aromatic N) is 3. The summed E-state index contributed by atoms with van der Waals surface area (Å²) in [6.45, 7) is 2.71. The Kier molecular flexibility index (Phi) is 6.13. The first kappa shape index (κ1) is 19.0. The molecule has 3 rings (SSSR count). The van der Waals surface area contributed by atoms with Crippen molar-refractivity contribution in [3.63, 3.8) is 0 Å². The van der Waals surface area contributed by atoms with Crippen LogP contribution in [0.4, 0.5) is 0 Å². The fourth-order valence-electron chi connectivity index (χ4n) is 2.79. The number of para-hydroxylation sites is 2. The zero-order valence-corrected chi connectivity index (χ0v) is 16.3. The van der Waals surface area contributed by atoms with Crippen LogP contribution in [0.1, 0.15) is 17.3 Å². The number of thioether (sulfide) groups is 1. The Balaban J connectivity index is 1.82. The van der Waals surface area contributed by atoms with Gasteiger partial charge in [0.1, 0.15) is 11.5 Å². The van der Waals surface area contributed by atoms with Crippen molar-refractivity contribution in [1.82, 2.24) is 14.8 Å². The molecule has 0 saturated carbocycles. The molecular formula is C20H21N3O3S. The van der Waals surface area contributed by atoms with Gasteiger partial charge in [-0.15, -0.1) is 10.2 Å². The molecular weight excluding hydrogens is 362 g/mol. The van der Waals surface area contributed by atoms with Crippen LogP contribution in [-0.4, -0.2) is 40.5 Å². The number of carbonyl (C=O) groups excluding carboxylic acids is 1. The Morgan fingerprint density at radius 2 is 1.67 bits per heavy atom. The molecule has 0 aliphatic carbocycles. The molecule has 0 aliphatic rings. The van der Waals surface area contributed by atoms with Crippen molar-refractivity contribution in [3.8, 4) is 22.9 Å². The fourth-order valence-corrected chi connectivity index (χ4v) is 3.68. The third-order valence-electron chi connectivity index (χ3n) is 4.12. The minimum absolute atomic E-state index is 0.0121. The van der Waals surface area contributed by atoms with Crippen LogP contribution in [0, 0.1) is 0 Å². The van der Waals surface area contributed by atoms with Gasteiger partial charge in [0.15, 0.2) is 16.8 Å². The maximum atomic E-state index is 12.6. The molecule has 0 N–H and O–H groups in total. The number of hydrogen-bond donors (Lipinski definition) is 0. The van der Waals surface area contributed by atoms with Crippen molar-refractivity contribution >= 4 is 17.5 Å². The van der Waals surface area contributed by atoms with E-state index in [1.165, 1.54) is 11.8 Å². The second-order valence-corrected chi connectivity index (χ2v) is 6.61. The zero-order valence-electron chi connectivity index (χ0n) is 15.5. The first-order valence-corrected chi connectivity index (χ1v) is 9.53. The molecule has 0 spiro atoms. The van der Waals surface area contributed by atoms with Gasteiger partial charge in [0.05, 0.1) is 31.1 Å². The smallest absolute Gasteiger partial charge is 0.191 e. The summed E-state index contributed by atoms with van der Waals surface area (Å²) in [4.78, 5) is 12.6. The average molecular weight is 383 g/mol. The molecule has 27 heavy (non-hydrogen) atoms. The molecule has 0 radical (unpaired) electrons. The molecule has 0 atom stereocenters. The second-order valence-electron chi connectivity index (χ2n) is 5.66. The Labute approximate surface area is 162 Å². The minimum atomic E-state index is -0.0121. The SMILES string of the molecule is CCn1c(SCC(=O)c2ccccc2OC)nnc1-c1ccccc1OC. The van der Waals surface area contributed by atoms with E-state index in [-0.39, 0.29) is 11.5 Å². The van der Waals surface area contributed by atoms with E-state index >= 15 is 0 Å². The molecule has 140 valence electrons. The molecule has 3 aromatic rings. The van der Waals surface area contributed by atoms with Gasteiger partial charge in [-0.3, -0.25) is 4.79 Å². The van der Waals surface area contributed by atoms with Crippen molar-refractivity contribution in [2.45, 2.75) is 18.6 Å². The first-order chi connectivity index (χ1) is 13.2. The molecule has 1 heterocycles. The second kappa shape index (κ2) is 8.73. The lowest BCUT2D eigenvalue weighted by Crippen LogP contribution is -2.07. The lowest BCUT2D eigenvalue weighted by atomic mass is 10.1. The van der Waals surface area contributed by atoms with Crippen LogP contribution in [0.5, 0.6) is 11.5 Å². The molecule has 2 aromatic carbocycles. The van der Waals surface area contributed by atoms with Crippen LogP contribution in [0.15, 0.2) is 53.7 Å². The predicted octanol–water partition coefficient (Wildman–Crippen LogP) is 3.96. The third kappa shape index (κ3) is 3.98. The normalized spacial score (nSPS) is 10.6. The predicted molar refractivity (Wildman–Crippen MR) is 106 cm³/mol. The number of aromatic nitrogens is 3. The van der Waals surface area contributed by atoms with Gasteiger partial charge in [-0.25, -0.2) is 0 Å². The summed E-state index contributed by atoms with van der Waals surface area (Å²) in [6, 6.07) is 14.9. The van der Waals surface area contributed by atoms with Crippen LogP contribution in [0.25, 0.3) is 11.4 Å². The van der Waals surface area contributed by atoms with Crippen molar-refractivity contribution in [2.24, 2.45) is 0 Å². The van der Waals surface area contributed by atoms with Gasteiger partial charge in [-0.2, -0.15) is 0 Å². The van der Waals surface area contributed by atoms with Crippen LogP contribution < -0.4 is 9.47 Å². The van der Waals surface area contributed by atoms with Gasteiger partial charge >= 0.3 is 0 Å². The lowest BCUT2D eigenvalue weighted by molar-refractivity contribution is 0.101. The highest BCUT2D eigenvalue weighted by Crippen LogP contribution is 2.31. The summed E-state index contributed by atoms with van der Waals surface area (Å²) in [6.07, 6.45) is 0. The molecule has 1 aromatic heterocycles. The van der Waals surface area contributed by atoms with Crippen LogP contribution in [0.2, 0.25) is 0 Å². The van der Waals surface area contributed by atoms with Gasteiger partial charge in [0.2, 0.25) is 0 Å². The number of Topliss-reactive ketones (excluding diaryl/α,β-unsaturated/α-hetero) is 1. The van der Waals surface area contributed by atoms with Gasteiger partial charge in [-0.1, -0.05) is 36.0 Å². The van der Waals surface area contributed by atoms with Crippen LogP contribution in [-0.2, 0) is 6.54 Å². The minimum Gasteiger partial charge on any atom is -0.496 e. The van der Waals surface area contributed by atoms with Crippen LogP contribution in [0.3, 0.4) is 0 Å². The first-order valence-electron chi connectivity index (χ1n) is 8.55. The van der Waals surface area contributed by atoms with Gasteiger partial charge in [0.25, 0.3) is 0 Å². The van der Waals surface area contributed by atoms with E-state index in [0.29, 0.717) is 23.0 Å². The highest BCUT2D eigenvalue weighted by atomic mass is 32.2. The van der Waals surface area contributed by atoms with E-state index in [9.17, 15) is 4.79 Å². The van der Waals surface area contributed by atoms with Crippen molar-refractivity contribution < 1.29 is 14.3 Å². The Bertz CT molecular complexity index is 940. The summed E-state index contributed by atoms with van der Waals surface area (Å²) in [7, 11) is 3.19. The highest BCUT2D eigenvalue weighted by molar-refractivity contribution is 7.99. The molecule has 0 aliphatic heterocycles. The van der Waals surface area contributed by atoms with Crippen molar-refractivity contribution in [1.29, 1.82) is 0 Å². The zero-order chi connectivity index (χ0) is 19.2. The highest BCUT2D eigenvalue weighted by Gasteiger charge is 2.18. The molecule has 0 fully saturated rings. The monoisotopic (exact) mass is 383 g/mol. The molecule has 6 nitrogen and oxygen atoms in total.